The van der Waals surface area contributed by atoms with Crippen molar-refractivity contribution >= 4 is 39.8 Å². The summed E-state index contributed by atoms with van der Waals surface area (Å²) in [4.78, 5) is 16.4. The highest BCUT2D eigenvalue weighted by atomic mass is 32.1. The largest absolute Gasteiger partial charge is 0.493 e. The number of hydrogen-bond acceptors (Lipinski definition) is 6. The summed E-state index contributed by atoms with van der Waals surface area (Å²) in [5.41, 5.74) is 1.10. The summed E-state index contributed by atoms with van der Waals surface area (Å²) in [7, 11) is 3.01. The van der Waals surface area contributed by atoms with Gasteiger partial charge in [0.1, 0.15) is 5.75 Å². The van der Waals surface area contributed by atoms with Crippen LogP contribution in [0, 0.1) is 17.5 Å². The van der Waals surface area contributed by atoms with Gasteiger partial charge < -0.3 is 24.8 Å². The van der Waals surface area contributed by atoms with E-state index >= 15 is 0 Å². The van der Waals surface area contributed by atoms with Crippen molar-refractivity contribution in [2.75, 3.05) is 19.5 Å². The minimum Gasteiger partial charge on any atom is -0.493 e. The van der Waals surface area contributed by atoms with E-state index < -0.39 is 23.4 Å². The molecule has 0 aliphatic carbocycles. The van der Waals surface area contributed by atoms with Crippen LogP contribution in [0.1, 0.15) is 5.56 Å². The number of hydrogen-bond donors (Lipinski definition) is 2. The molecule has 2 N–H and O–H groups in total. The third-order valence-corrected chi connectivity index (χ3v) is 5.42. The molecule has 11 heteroatoms. The Labute approximate surface area is 215 Å². The SMILES string of the molecule is COc1cc2nccc(Oc3ccc(NC(=S)NC(=O)Cc4ccc(F)c(F)c4)cc3F)c2cc1OC. The van der Waals surface area contributed by atoms with E-state index in [4.69, 9.17) is 26.4 Å². The third kappa shape index (κ3) is 6.07. The van der Waals surface area contributed by atoms with Gasteiger partial charge in [-0.05, 0) is 54.2 Å². The first kappa shape index (κ1) is 25.7. The van der Waals surface area contributed by atoms with Crippen molar-refractivity contribution in [1.29, 1.82) is 0 Å². The highest BCUT2D eigenvalue weighted by Gasteiger charge is 2.14. The van der Waals surface area contributed by atoms with Crippen LogP contribution in [0.25, 0.3) is 10.9 Å². The van der Waals surface area contributed by atoms with Gasteiger partial charge in [-0.3, -0.25) is 9.78 Å². The fourth-order valence-corrected chi connectivity index (χ4v) is 3.72. The number of nitrogens with zero attached hydrogens (tertiary/aromatic N) is 1. The average molecular weight is 528 g/mol. The van der Waals surface area contributed by atoms with Crippen molar-refractivity contribution in [3.05, 3.63) is 83.8 Å². The van der Waals surface area contributed by atoms with Crippen LogP contribution >= 0.6 is 12.2 Å². The monoisotopic (exact) mass is 527 g/mol. The Balaban J connectivity index is 1.43. The molecule has 4 aromatic rings. The molecule has 0 unspecified atom stereocenters. The van der Waals surface area contributed by atoms with E-state index in [1.165, 1.54) is 38.6 Å². The maximum Gasteiger partial charge on any atom is 0.230 e. The second kappa shape index (κ2) is 11.1. The molecule has 190 valence electrons. The van der Waals surface area contributed by atoms with Gasteiger partial charge >= 0.3 is 0 Å². The van der Waals surface area contributed by atoms with Crippen molar-refractivity contribution in [2.45, 2.75) is 6.42 Å². The molecule has 4 rings (SSSR count). The Morgan fingerprint density at radius 3 is 2.32 bits per heavy atom. The van der Waals surface area contributed by atoms with Gasteiger partial charge in [-0.2, -0.15) is 0 Å². The summed E-state index contributed by atoms with van der Waals surface area (Å²) in [6.07, 6.45) is 1.30. The molecule has 0 fully saturated rings. The number of halogens is 3. The van der Waals surface area contributed by atoms with E-state index in [9.17, 15) is 18.0 Å². The van der Waals surface area contributed by atoms with E-state index in [-0.39, 0.29) is 28.5 Å². The standard InChI is InChI=1S/C26H20F3N3O4S/c1-34-23-12-16-20(13-24(23)35-2)30-8-7-21(16)36-22-6-4-15(11-19(22)29)31-26(37)32-25(33)10-14-3-5-17(27)18(28)9-14/h3-9,11-13H,10H2,1-2H3,(H2,31,32,33,37). The summed E-state index contributed by atoms with van der Waals surface area (Å²) in [5.74, 6) is -2.05. The number of anilines is 1. The first-order chi connectivity index (χ1) is 17.8. The Bertz CT molecular complexity index is 1500. The number of fused-ring (bicyclic) bond motifs is 1. The molecular formula is C26H20F3N3O4S. The molecular weight excluding hydrogens is 507 g/mol. The first-order valence-corrected chi connectivity index (χ1v) is 11.2. The lowest BCUT2D eigenvalue weighted by Crippen LogP contribution is -2.35. The Morgan fingerprint density at radius 2 is 1.62 bits per heavy atom. The van der Waals surface area contributed by atoms with Crippen LogP contribution in [-0.2, 0) is 11.2 Å². The van der Waals surface area contributed by atoms with Gasteiger partial charge in [0, 0.05) is 29.4 Å². The van der Waals surface area contributed by atoms with E-state index in [0.29, 0.717) is 28.2 Å². The number of ether oxygens (including phenoxy) is 3. The average Bonchev–Trinajstić information content (AvgIpc) is 2.87. The van der Waals surface area contributed by atoms with Crippen LogP contribution in [-0.4, -0.2) is 30.2 Å². The van der Waals surface area contributed by atoms with Crippen LogP contribution in [0.3, 0.4) is 0 Å². The number of thiocarbonyl (C=S) groups is 1. The molecule has 0 atom stereocenters. The zero-order valence-corrected chi connectivity index (χ0v) is 20.4. The molecule has 1 heterocycles. The molecule has 0 bridgehead atoms. The normalized spacial score (nSPS) is 10.6. The number of methoxy groups -OCH3 is 2. The summed E-state index contributed by atoms with van der Waals surface area (Å²) < 4.78 is 57.6. The smallest absolute Gasteiger partial charge is 0.230 e. The van der Waals surface area contributed by atoms with Crippen LogP contribution < -0.4 is 24.8 Å². The lowest BCUT2D eigenvalue weighted by atomic mass is 10.1. The first-order valence-electron chi connectivity index (χ1n) is 10.8. The second-order valence-electron chi connectivity index (χ2n) is 7.71. The minimum atomic E-state index is -1.05. The van der Waals surface area contributed by atoms with E-state index in [0.717, 1.165) is 18.2 Å². The predicted octanol–water partition coefficient (Wildman–Crippen LogP) is 5.52. The van der Waals surface area contributed by atoms with Crippen LogP contribution in [0.5, 0.6) is 23.0 Å². The van der Waals surface area contributed by atoms with Gasteiger partial charge in [-0.25, -0.2) is 13.2 Å². The van der Waals surface area contributed by atoms with E-state index in [2.05, 4.69) is 15.6 Å². The minimum absolute atomic E-state index is 0.0545. The Kier molecular flexibility index (Phi) is 7.73. The molecule has 3 aromatic carbocycles. The van der Waals surface area contributed by atoms with Crippen molar-refractivity contribution in [2.24, 2.45) is 0 Å². The molecule has 0 saturated heterocycles. The number of pyridine rings is 1. The fourth-order valence-electron chi connectivity index (χ4n) is 3.48. The van der Waals surface area contributed by atoms with Crippen LogP contribution in [0.4, 0.5) is 18.9 Å². The Hall–Kier alpha value is -4.38. The van der Waals surface area contributed by atoms with Crippen LogP contribution in [0.15, 0.2) is 60.8 Å². The molecule has 7 nitrogen and oxygen atoms in total. The number of carbonyl (C=O) groups is 1. The highest BCUT2D eigenvalue weighted by molar-refractivity contribution is 7.80. The summed E-state index contributed by atoms with van der Waals surface area (Å²) >= 11 is 5.09. The highest BCUT2D eigenvalue weighted by Crippen LogP contribution is 2.37. The maximum atomic E-state index is 14.8. The third-order valence-electron chi connectivity index (χ3n) is 5.22. The molecule has 1 amide bonds. The molecule has 0 aliphatic rings. The second-order valence-corrected chi connectivity index (χ2v) is 8.12. The zero-order chi connectivity index (χ0) is 26.5. The molecule has 0 saturated carbocycles. The van der Waals surface area contributed by atoms with Gasteiger partial charge in [0.15, 0.2) is 39.8 Å². The number of benzene rings is 3. The molecule has 37 heavy (non-hydrogen) atoms. The number of amides is 1. The van der Waals surface area contributed by atoms with E-state index in [1.54, 1.807) is 18.2 Å². The van der Waals surface area contributed by atoms with Crippen LogP contribution in [0.2, 0.25) is 0 Å². The van der Waals surface area contributed by atoms with Crippen molar-refractivity contribution in [3.8, 4) is 23.0 Å². The number of aromatic nitrogens is 1. The quantitative estimate of drug-likeness (QED) is 0.307. The molecule has 0 aliphatic heterocycles. The van der Waals surface area contributed by atoms with Crippen molar-refractivity contribution < 1.29 is 32.2 Å². The lowest BCUT2D eigenvalue weighted by molar-refractivity contribution is -0.119. The van der Waals surface area contributed by atoms with Crippen molar-refractivity contribution in [3.63, 3.8) is 0 Å². The molecule has 0 radical (unpaired) electrons. The number of carbonyl (C=O) groups excluding carboxylic acids is 1. The lowest BCUT2D eigenvalue weighted by Gasteiger charge is -2.14. The number of rotatable bonds is 7. The summed E-state index contributed by atoms with van der Waals surface area (Å²) in [5, 5.41) is 5.60. The number of nitrogens with one attached hydrogen (secondary N) is 2. The van der Waals surface area contributed by atoms with Gasteiger partial charge in [0.25, 0.3) is 0 Å². The topological polar surface area (TPSA) is 81.7 Å². The van der Waals surface area contributed by atoms with E-state index in [1.807, 2.05) is 0 Å². The Morgan fingerprint density at radius 1 is 0.865 bits per heavy atom. The van der Waals surface area contributed by atoms with Crippen molar-refractivity contribution in [1.82, 2.24) is 10.3 Å². The molecule has 1 aromatic heterocycles. The maximum absolute atomic E-state index is 14.8. The van der Waals surface area contributed by atoms with Gasteiger partial charge in [0.05, 0.1) is 26.2 Å². The van der Waals surface area contributed by atoms with Gasteiger partial charge in [-0.1, -0.05) is 6.07 Å². The van der Waals surface area contributed by atoms with Gasteiger partial charge in [-0.15, -0.1) is 0 Å². The zero-order valence-electron chi connectivity index (χ0n) is 19.6. The molecule has 0 spiro atoms. The van der Waals surface area contributed by atoms with Gasteiger partial charge in [0.2, 0.25) is 5.91 Å². The summed E-state index contributed by atoms with van der Waals surface area (Å²) in [6.45, 7) is 0. The predicted molar refractivity (Wildman–Crippen MR) is 136 cm³/mol. The fraction of sp³-hybridized carbons (Fsp3) is 0.115. The summed E-state index contributed by atoms with van der Waals surface area (Å²) in [6, 6.07) is 12.2.